The summed E-state index contributed by atoms with van der Waals surface area (Å²) in [5.41, 5.74) is 2.37. The van der Waals surface area contributed by atoms with Crippen molar-refractivity contribution in [1.82, 2.24) is 9.55 Å². The zero-order chi connectivity index (χ0) is 12.4. The maximum atomic E-state index is 4.54. The zero-order valence-electron chi connectivity index (χ0n) is 10.8. The summed E-state index contributed by atoms with van der Waals surface area (Å²) in [4.78, 5) is 4.54. The van der Waals surface area contributed by atoms with Crippen molar-refractivity contribution in [3.05, 3.63) is 34.3 Å². The van der Waals surface area contributed by atoms with Crippen LogP contribution in [0.2, 0.25) is 0 Å². The van der Waals surface area contributed by atoms with Crippen LogP contribution in [0.5, 0.6) is 0 Å². The summed E-state index contributed by atoms with van der Waals surface area (Å²) in [5.74, 6) is 0.955. The van der Waals surface area contributed by atoms with Crippen molar-refractivity contribution in [2.75, 3.05) is 5.32 Å². The monoisotopic (exact) mass is 249 g/mol. The molecule has 17 heavy (non-hydrogen) atoms. The molecule has 0 aromatic carbocycles. The third-order valence-electron chi connectivity index (χ3n) is 2.80. The molecule has 4 heteroatoms. The third kappa shape index (κ3) is 2.69. The molecule has 1 atom stereocenters. The molecule has 0 amide bonds. The first-order valence-corrected chi connectivity index (χ1v) is 6.86. The van der Waals surface area contributed by atoms with Gasteiger partial charge in [-0.2, -0.15) is 11.3 Å². The Morgan fingerprint density at radius 1 is 1.35 bits per heavy atom. The molecule has 0 aliphatic carbocycles. The summed E-state index contributed by atoms with van der Waals surface area (Å²) in [7, 11) is 0. The Hall–Kier alpha value is -1.29. The Kier molecular flexibility index (Phi) is 3.52. The molecule has 0 fully saturated rings. The normalized spacial score (nSPS) is 13.0. The fourth-order valence-corrected chi connectivity index (χ4v) is 2.57. The molecule has 0 saturated heterocycles. The highest BCUT2D eigenvalue weighted by Gasteiger charge is 2.12. The van der Waals surface area contributed by atoms with Gasteiger partial charge in [0, 0.05) is 12.2 Å². The van der Waals surface area contributed by atoms with Crippen molar-refractivity contribution >= 4 is 17.3 Å². The number of thiophene rings is 1. The smallest absolute Gasteiger partial charge is 0.203 e. The minimum atomic E-state index is 0.292. The molecular weight excluding hydrogens is 230 g/mol. The predicted molar refractivity (Wildman–Crippen MR) is 73.7 cm³/mol. The summed E-state index contributed by atoms with van der Waals surface area (Å²) >= 11 is 1.73. The lowest BCUT2D eigenvalue weighted by Crippen LogP contribution is -2.12. The summed E-state index contributed by atoms with van der Waals surface area (Å²) in [6.45, 7) is 8.53. The van der Waals surface area contributed by atoms with Gasteiger partial charge >= 0.3 is 0 Å². The molecule has 0 bridgehead atoms. The Morgan fingerprint density at radius 2 is 2.12 bits per heavy atom. The summed E-state index contributed by atoms with van der Waals surface area (Å²) in [5, 5.41) is 7.75. The molecule has 1 N–H and O–H groups in total. The van der Waals surface area contributed by atoms with E-state index >= 15 is 0 Å². The van der Waals surface area contributed by atoms with E-state index in [4.69, 9.17) is 0 Å². The van der Waals surface area contributed by atoms with Gasteiger partial charge in [-0.05, 0) is 50.1 Å². The van der Waals surface area contributed by atoms with Gasteiger partial charge in [0.1, 0.15) is 0 Å². The van der Waals surface area contributed by atoms with Gasteiger partial charge in [0.2, 0.25) is 5.95 Å². The number of nitrogens with one attached hydrogen (secondary N) is 1. The number of rotatable bonds is 4. The molecule has 92 valence electrons. The van der Waals surface area contributed by atoms with Crippen molar-refractivity contribution in [2.45, 2.75) is 39.8 Å². The number of hydrogen-bond acceptors (Lipinski definition) is 3. The molecule has 1 unspecified atom stereocenters. The first-order chi connectivity index (χ1) is 8.08. The van der Waals surface area contributed by atoms with Crippen LogP contribution in [0.25, 0.3) is 0 Å². The molecule has 3 nitrogen and oxygen atoms in total. The maximum Gasteiger partial charge on any atom is 0.203 e. The van der Waals surface area contributed by atoms with E-state index < -0.39 is 0 Å². The van der Waals surface area contributed by atoms with Gasteiger partial charge in [0.15, 0.2) is 0 Å². The largest absolute Gasteiger partial charge is 0.349 e. The zero-order valence-corrected chi connectivity index (χ0v) is 11.6. The second-order valence-electron chi connectivity index (χ2n) is 4.63. The number of anilines is 1. The van der Waals surface area contributed by atoms with Crippen LogP contribution in [-0.4, -0.2) is 9.55 Å². The van der Waals surface area contributed by atoms with Crippen LogP contribution in [0.1, 0.15) is 44.1 Å². The quantitative estimate of drug-likeness (QED) is 0.887. The van der Waals surface area contributed by atoms with Crippen LogP contribution in [0.4, 0.5) is 5.95 Å². The Bertz CT molecular complexity index is 471. The van der Waals surface area contributed by atoms with Crippen LogP contribution in [0.15, 0.2) is 23.0 Å². The average Bonchev–Trinajstić information content (AvgIpc) is 2.86. The molecule has 0 aliphatic heterocycles. The van der Waals surface area contributed by atoms with Crippen molar-refractivity contribution < 1.29 is 0 Å². The number of nitrogens with zero attached hydrogens (tertiary/aromatic N) is 2. The number of hydrogen-bond donors (Lipinski definition) is 1. The molecular formula is C13H19N3S. The van der Waals surface area contributed by atoms with Gasteiger partial charge in [-0.15, -0.1) is 0 Å². The van der Waals surface area contributed by atoms with Crippen molar-refractivity contribution in [1.29, 1.82) is 0 Å². The van der Waals surface area contributed by atoms with E-state index in [-0.39, 0.29) is 0 Å². The first kappa shape index (κ1) is 12.2. The molecule has 2 heterocycles. The predicted octanol–water partition coefficient (Wildman–Crippen LogP) is 4.01. The highest BCUT2D eigenvalue weighted by molar-refractivity contribution is 7.07. The number of imidazole rings is 1. The van der Waals surface area contributed by atoms with E-state index in [1.54, 1.807) is 11.3 Å². The second kappa shape index (κ2) is 4.92. The molecule has 2 aromatic heterocycles. The van der Waals surface area contributed by atoms with E-state index in [2.05, 4.69) is 58.7 Å². The van der Waals surface area contributed by atoms with Crippen molar-refractivity contribution in [2.24, 2.45) is 0 Å². The van der Waals surface area contributed by atoms with Gasteiger partial charge in [-0.3, -0.25) is 0 Å². The standard InChI is InChI=1S/C13H19N3S/c1-9(2)16-7-10(3)14-13(16)15-11(4)12-5-6-17-8-12/h5-9,11H,1-4H3,(H,14,15). The fraction of sp³-hybridized carbons (Fsp3) is 0.462. The number of aryl methyl sites for hydroxylation is 1. The minimum absolute atomic E-state index is 0.292. The van der Waals surface area contributed by atoms with Gasteiger partial charge < -0.3 is 9.88 Å². The molecule has 0 radical (unpaired) electrons. The van der Waals surface area contributed by atoms with Crippen LogP contribution in [-0.2, 0) is 0 Å². The first-order valence-electron chi connectivity index (χ1n) is 5.92. The van der Waals surface area contributed by atoms with Crippen molar-refractivity contribution in [3.63, 3.8) is 0 Å². The maximum absolute atomic E-state index is 4.54. The SMILES string of the molecule is Cc1cn(C(C)C)c(NC(C)c2ccsc2)n1. The number of aromatic nitrogens is 2. The molecule has 2 aromatic rings. The minimum Gasteiger partial charge on any atom is -0.349 e. The Labute approximate surface area is 107 Å². The second-order valence-corrected chi connectivity index (χ2v) is 5.41. The molecule has 0 spiro atoms. The molecule has 2 rings (SSSR count). The Balaban J connectivity index is 2.18. The van der Waals surface area contributed by atoms with Crippen LogP contribution < -0.4 is 5.32 Å². The Morgan fingerprint density at radius 3 is 2.71 bits per heavy atom. The summed E-state index contributed by atoms with van der Waals surface area (Å²) in [6, 6.07) is 2.87. The molecule has 0 aliphatic rings. The van der Waals surface area contributed by atoms with E-state index in [9.17, 15) is 0 Å². The van der Waals surface area contributed by atoms with E-state index in [1.165, 1.54) is 5.56 Å². The summed E-state index contributed by atoms with van der Waals surface area (Å²) in [6.07, 6.45) is 2.09. The lowest BCUT2D eigenvalue weighted by atomic mass is 10.2. The van der Waals surface area contributed by atoms with Gasteiger partial charge in [-0.25, -0.2) is 4.98 Å². The summed E-state index contributed by atoms with van der Waals surface area (Å²) < 4.78 is 2.18. The molecule has 0 saturated carbocycles. The topological polar surface area (TPSA) is 29.9 Å². The van der Waals surface area contributed by atoms with Crippen LogP contribution in [0.3, 0.4) is 0 Å². The van der Waals surface area contributed by atoms with E-state index in [1.807, 2.05) is 6.92 Å². The van der Waals surface area contributed by atoms with Gasteiger partial charge in [0.05, 0.1) is 11.7 Å². The van der Waals surface area contributed by atoms with E-state index in [0.717, 1.165) is 11.6 Å². The fourth-order valence-electron chi connectivity index (χ4n) is 1.81. The third-order valence-corrected chi connectivity index (χ3v) is 3.50. The van der Waals surface area contributed by atoms with Crippen molar-refractivity contribution in [3.8, 4) is 0 Å². The van der Waals surface area contributed by atoms with Crippen LogP contribution in [0, 0.1) is 6.92 Å². The van der Waals surface area contributed by atoms with Crippen LogP contribution >= 0.6 is 11.3 Å². The highest BCUT2D eigenvalue weighted by atomic mass is 32.1. The lowest BCUT2D eigenvalue weighted by molar-refractivity contribution is 0.600. The van der Waals surface area contributed by atoms with Gasteiger partial charge in [-0.1, -0.05) is 0 Å². The van der Waals surface area contributed by atoms with Gasteiger partial charge in [0.25, 0.3) is 0 Å². The average molecular weight is 249 g/mol. The lowest BCUT2D eigenvalue weighted by Gasteiger charge is -2.17. The highest BCUT2D eigenvalue weighted by Crippen LogP contribution is 2.22. The van der Waals surface area contributed by atoms with E-state index in [0.29, 0.717) is 12.1 Å².